The third-order valence-electron chi connectivity index (χ3n) is 7.22. The fraction of sp³-hybridized carbons (Fsp3) is 0.276. The molecule has 1 saturated heterocycles. The van der Waals surface area contributed by atoms with Crippen molar-refractivity contribution in [3.63, 3.8) is 0 Å². The van der Waals surface area contributed by atoms with Gasteiger partial charge in [0.1, 0.15) is 12.1 Å². The van der Waals surface area contributed by atoms with E-state index in [2.05, 4.69) is 88.8 Å². The molecule has 0 amide bonds. The van der Waals surface area contributed by atoms with Crippen LogP contribution in [0.3, 0.4) is 0 Å². The molecule has 34 heavy (non-hydrogen) atoms. The molecule has 2 aromatic heterocycles. The molecule has 0 radical (unpaired) electrons. The second-order valence-corrected chi connectivity index (χ2v) is 9.53. The summed E-state index contributed by atoms with van der Waals surface area (Å²) in [5.41, 5.74) is 9.44. The summed E-state index contributed by atoms with van der Waals surface area (Å²) in [5, 5.41) is 4.79. The second kappa shape index (κ2) is 8.65. The molecule has 4 aromatic rings. The number of benzene rings is 2. The maximum atomic E-state index is 4.82. The van der Waals surface area contributed by atoms with Gasteiger partial charge in [0, 0.05) is 35.2 Å². The molecule has 1 fully saturated rings. The normalized spacial score (nSPS) is 16.5. The number of anilines is 1. The van der Waals surface area contributed by atoms with Gasteiger partial charge in [0.05, 0.1) is 11.2 Å². The number of pyridine rings is 1. The first-order valence-electron chi connectivity index (χ1n) is 12.1. The lowest BCUT2D eigenvalue weighted by molar-refractivity contribution is 0.264. The first-order chi connectivity index (χ1) is 16.7. The van der Waals surface area contributed by atoms with Crippen LogP contribution >= 0.6 is 0 Å². The van der Waals surface area contributed by atoms with Crippen LogP contribution in [0.25, 0.3) is 27.6 Å². The van der Waals surface area contributed by atoms with Crippen molar-refractivity contribution in [1.82, 2.24) is 19.9 Å². The molecule has 0 unspecified atom stereocenters. The molecule has 0 atom stereocenters. The molecule has 2 aliphatic rings. The van der Waals surface area contributed by atoms with Gasteiger partial charge >= 0.3 is 0 Å². The minimum absolute atomic E-state index is 0.449. The maximum Gasteiger partial charge on any atom is 0.137 e. The predicted molar refractivity (Wildman–Crippen MR) is 139 cm³/mol. The largest absolute Gasteiger partial charge is 0.367 e. The van der Waals surface area contributed by atoms with Crippen LogP contribution in [-0.2, 0) is 6.42 Å². The zero-order valence-corrected chi connectivity index (χ0v) is 19.8. The summed E-state index contributed by atoms with van der Waals surface area (Å²) in [4.78, 5) is 16.4. The highest BCUT2D eigenvalue weighted by Crippen LogP contribution is 2.36. The monoisotopic (exact) mass is 447 g/mol. The van der Waals surface area contributed by atoms with Gasteiger partial charge in [0.2, 0.25) is 0 Å². The molecule has 0 bridgehead atoms. The molecular weight excluding hydrogens is 418 g/mol. The Hall–Kier alpha value is -3.57. The van der Waals surface area contributed by atoms with Crippen LogP contribution in [0.4, 0.5) is 5.82 Å². The average molecular weight is 448 g/mol. The Morgan fingerprint density at radius 3 is 2.62 bits per heavy atom. The summed E-state index contributed by atoms with van der Waals surface area (Å²) < 4.78 is 0. The van der Waals surface area contributed by atoms with Crippen molar-refractivity contribution >= 4 is 22.3 Å². The van der Waals surface area contributed by atoms with Crippen molar-refractivity contribution in [1.29, 1.82) is 0 Å². The van der Waals surface area contributed by atoms with Crippen molar-refractivity contribution in [2.45, 2.75) is 32.2 Å². The van der Waals surface area contributed by atoms with Gasteiger partial charge in [-0.25, -0.2) is 9.97 Å². The number of likely N-dealkylation sites (tertiary alicyclic amines) is 1. The van der Waals surface area contributed by atoms with E-state index in [-0.39, 0.29) is 0 Å². The summed E-state index contributed by atoms with van der Waals surface area (Å²) in [6.07, 6.45) is 9.11. The lowest BCUT2D eigenvalue weighted by atomic mass is 9.95. The summed E-state index contributed by atoms with van der Waals surface area (Å²) >= 11 is 0. The Balaban J connectivity index is 1.36. The third-order valence-corrected chi connectivity index (χ3v) is 7.22. The van der Waals surface area contributed by atoms with Crippen LogP contribution in [0.1, 0.15) is 35.2 Å². The van der Waals surface area contributed by atoms with Crippen LogP contribution < -0.4 is 5.32 Å². The van der Waals surface area contributed by atoms with Crippen molar-refractivity contribution in [2.75, 3.05) is 25.5 Å². The zero-order valence-electron chi connectivity index (χ0n) is 19.8. The third kappa shape index (κ3) is 3.86. The van der Waals surface area contributed by atoms with E-state index in [1.807, 2.05) is 6.20 Å². The van der Waals surface area contributed by atoms with Gasteiger partial charge in [0.25, 0.3) is 0 Å². The molecule has 6 rings (SSSR count). The lowest BCUT2D eigenvalue weighted by Crippen LogP contribution is -2.36. The van der Waals surface area contributed by atoms with Crippen LogP contribution in [0, 0.1) is 6.92 Å². The predicted octanol–water partition coefficient (Wildman–Crippen LogP) is 5.49. The van der Waals surface area contributed by atoms with Crippen LogP contribution in [0.2, 0.25) is 0 Å². The minimum Gasteiger partial charge on any atom is -0.367 e. The number of piperidine rings is 1. The van der Waals surface area contributed by atoms with E-state index in [1.165, 1.54) is 33.4 Å². The number of rotatable bonds is 4. The number of nitrogens with zero attached hydrogens (tertiary/aromatic N) is 4. The number of aryl methyl sites for hydroxylation is 1. The minimum atomic E-state index is 0.449. The molecular formula is C29H29N5. The molecule has 0 saturated carbocycles. The van der Waals surface area contributed by atoms with Gasteiger partial charge in [-0.1, -0.05) is 36.4 Å². The molecule has 2 aromatic carbocycles. The van der Waals surface area contributed by atoms with E-state index in [0.717, 1.165) is 54.8 Å². The fourth-order valence-electron chi connectivity index (χ4n) is 5.20. The Morgan fingerprint density at radius 2 is 1.76 bits per heavy atom. The number of allylic oxidation sites excluding steroid dienone is 1. The molecule has 1 aliphatic heterocycles. The van der Waals surface area contributed by atoms with Crippen LogP contribution in [0.5, 0.6) is 0 Å². The average Bonchev–Trinajstić information content (AvgIpc) is 3.29. The molecule has 170 valence electrons. The number of aromatic nitrogens is 3. The Bertz CT molecular complexity index is 1400. The molecule has 1 aliphatic carbocycles. The van der Waals surface area contributed by atoms with E-state index >= 15 is 0 Å². The first-order valence-corrected chi connectivity index (χ1v) is 12.1. The lowest BCUT2D eigenvalue weighted by Gasteiger charge is -2.30. The number of hydrogen-bond donors (Lipinski definition) is 1. The smallest absolute Gasteiger partial charge is 0.137 e. The molecule has 5 heteroatoms. The van der Waals surface area contributed by atoms with Crippen molar-refractivity contribution in [3.05, 3.63) is 89.5 Å². The van der Waals surface area contributed by atoms with E-state index in [0.29, 0.717) is 6.04 Å². The topological polar surface area (TPSA) is 53.9 Å². The van der Waals surface area contributed by atoms with Gasteiger partial charge in [-0.3, -0.25) is 4.98 Å². The SMILES string of the molecule is Cc1ccccc1-c1cnc2c(c1)C(c1ccc3ncnc(NC4CCN(C)CC4)c3c1)=CC2. The van der Waals surface area contributed by atoms with Crippen LogP contribution in [-0.4, -0.2) is 46.0 Å². The number of nitrogens with one attached hydrogen (secondary N) is 1. The molecule has 5 nitrogen and oxygen atoms in total. The Labute approximate surface area is 200 Å². The van der Waals surface area contributed by atoms with Gasteiger partial charge in [-0.2, -0.15) is 0 Å². The summed E-state index contributed by atoms with van der Waals surface area (Å²) in [6, 6.07) is 17.8. The van der Waals surface area contributed by atoms with Crippen molar-refractivity contribution in [2.24, 2.45) is 0 Å². The maximum absolute atomic E-state index is 4.82. The van der Waals surface area contributed by atoms with E-state index in [1.54, 1.807) is 6.33 Å². The van der Waals surface area contributed by atoms with Crippen molar-refractivity contribution in [3.8, 4) is 11.1 Å². The highest BCUT2D eigenvalue weighted by molar-refractivity contribution is 5.95. The molecule has 0 spiro atoms. The van der Waals surface area contributed by atoms with Crippen LogP contribution in [0.15, 0.2) is 67.1 Å². The van der Waals surface area contributed by atoms with Crippen molar-refractivity contribution < 1.29 is 0 Å². The quantitative estimate of drug-likeness (QED) is 0.448. The van der Waals surface area contributed by atoms with Gasteiger partial charge in [0.15, 0.2) is 0 Å². The number of hydrogen-bond acceptors (Lipinski definition) is 5. The summed E-state index contributed by atoms with van der Waals surface area (Å²) in [6.45, 7) is 4.39. The van der Waals surface area contributed by atoms with E-state index in [4.69, 9.17) is 4.98 Å². The first kappa shape index (κ1) is 21.0. The fourth-order valence-corrected chi connectivity index (χ4v) is 5.20. The second-order valence-electron chi connectivity index (χ2n) is 9.53. The zero-order chi connectivity index (χ0) is 23.1. The van der Waals surface area contributed by atoms with Gasteiger partial charge < -0.3 is 10.2 Å². The van der Waals surface area contributed by atoms with Gasteiger partial charge in [-0.05, 0) is 80.4 Å². The molecule has 1 N–H and O–H groups in total. The Morgan fingerprint density at radius 1 is 0.912 bits per heavy atom. The standard InChI is InChI=1S/C29H29N5/c1-19-5-3-4-6-23(19)21-16-25-24(8-10-27(25)30-17-21)20-7-9-28-26(15-20)29(32-18-31-28)33-22-11-13-34(2)14-12-22/h3-9,15-18,22H,10-14H2,1-2H3,(H,31,32,33). The Kier molecular flexibility index (Phi) is 5.34. The number of fused-ring (bicyclic) bond motifs is 2. The summed E-state index contributed by atoms with van der Waals surface area (Å²) in [5.74, 6) is 0.937. The van der Waals surface area contributed by atoms with E-state index < -0.39 is 0 Å². The van der Waals surface area contributed by atoms with E-state index in [9.17, 15) is 0 Å². The molecule has 3 heterocycles. The van der Waals surface area contributed by atoms with Gasteiger partial charge in [-0.15, -0.1) is 0 Å². The summed E-state index contributed by atoms with van der Waals surface area (Å²) in [7, 11) is 2.19. The highest BCUT2D eigenvalue weighted by atomic mass is 15.1. The highest BCUT2D eigenvalue weighted by Gasteiger charge is 2.21.